The number of amides is 1. The number of halogens is 1. The molecule has 1 N–H and O–H groups in total. The maximum Gasteiger partial charge on any atom is 0.275 e. The summed E-state index contributed by atoms with van der Waals surface area (Å²) in [5.74, 6) is -0.273. The SMILES string of the molecule is Cc1cccc(Cn2ccc3ccn(CC(=O)Nc4ccc(Cl)cc4)c(=O)c32)c1. The van der Waals surface area contributed by atoms with Crippen molar-refractivity contribution in [3.8, 4) is 0 Å². The Morgan fingerprint density at radius 3 is 2.45 bits per heavy atom. The van der Waals surface area contributed by atoms with Crippen molar-refractivity contribution in [1.29, 1.82) is 0 Å². The quantitative estimate of drug-likeness (QED) is 0.533. The van der Waals surface area contributed by atoms with Crippen LogP contribution in [0.25, 0.3) is 10.9 Å². The summed E-state index contributed by atoms with van der Waals surface area (Å²) < 4.78 is 3.36. The van der Waals surface area contributed by atoms with Gasteiger partial charge in [-0.25, -0.2) is 0 Å². The van der Waals surface area contributed by atoms with Gasteiger partial charge in [-0.2, -0.15) is 0 Å². The lowest BCUT2D eigenvalue weighted by atomic mass is 10.1. The molecule has 0 aliphatic rings. The molecule has 4 aromatic rings. The van der Waals surface area contributed by atoms with Gasteiger partial charge in [0.15, 0.2) is 0 Å². The molecular formula is C23H20ClN3O2. The molecule has 0 bridgehead atoms. The number of carbonyl (C=O) groups is 1. The summed E-state index contributed by atoms with van der Waals surface area (Å²) in [5.41, 5.74) is 3.34. The Hall–Kier alpha value is -3.31. The van der Waals surface area contributed by atoms with Crippen LogP contribution in [0.3, 0.4) is 0 Å². The smallest absolute Gasteiger partial charge is 0.275 e. The zero-order valence-corrected chi connectivity index (χ0v) is 16.7. The van der Waals surface area contributed by atoms with Gasteiger partial charge >= 0.3 is 0 Å². The molecule has 0 saturated carbocycles. The van der Waals surface area contributed by atoms with Crippen LogP contribution in [-0.4, -0.2) is 15.0 Å². The topological polar surface area (TPSA) is 56.0 Å². The number of hydrogen-bond acceptors (Lipinski definition) is 2. The van der Waals surface area contributed by atoms with Gasteiger partial charge in [0.2, 0.25) is 5.91 Å². The average molecular weight is 406 g/mol. The van der Waals surface area contributed by atoms with Crippen LogP contribution >= 0.6 is 11.6 Å². The summed E-state index contributed by atoms with van der Waals surface area (Å²) in [5, 5.41) is 4.24. The minimum Gasteiger partial charge on any atom is -0.339 e. The number of nitrogens with one attached hydrogen (secondary N) is 1. The van der Waals surface area contributed by atoms with E-state index in [1.807, 2.05) is 48.0 Å². The average Bonchev–Trinajstić information content (AvgIpc) is 3.09. The second kappa shape index (κ2) is 7.97. The molecule has 0 atom stereocenters. The zero-order chi connectivity index (χ0) is 20.4. The Labute approximate surface area is 173 Å². The molecule has 29 heavy (non-hydrogen) atoms. The fraction of sp³-hybridized carbons (Fsp3) is 0.130. The zero-order valence-electron chi connectivity index (χ0n) is 15.9. The number of anilines is 1. The van der Waals surface area contributed by atoms with Gasteiger partial charge in [0, 0.05) is 35.0 Å². The summed E-state index contributed by atoms with van der Waals surface area (Å²) in [6, 6.07) is 18.8. The summed E-state index contributed by atoms with van der Waals surface area (Å²) in [6.45, 7) is 2.58. The van der Waals surface area contributed by atoms with Crippen LogP contribution in [0.2, 0.25) is 5.02 Å². The third kappa shape index (κ3) is 4.25. The predicted molar refractivity (Wildman–Crippen MR) is 117 cm³/mol. The maximum atomic E-state index is 13.0. The van der Waals surface area contributed by atoms with Crippen LogP contribution in [0, 0.1) is 6.92 Å². The monoisotopic (exact) mass is 405 g/mol. The van der Waals surface area contributed by atoms with Crippen LogP contribution in [0.5, 0.6) is 0 Å². The first-order valence-electron chi connectivity index (χ1n) is 9.29. The first-order chi connectivity index (χ1) is 14.0. The van der Waals surface area contributed by atoms with Crippen molar-refractivity contribution in [2.45, 2.75) is 20.0 Å². The van der Waals surface area contributed by atoms with Crippen molar-refractivity contribution in [3.05, 3.63) is 99.6 Å². The Bertz CT molecular complexity index is 1240. The van der Waals surface area contributed by atoms with Crippen LogP contribution in [0.1, 0.15) is 11.1 Å². The van der Waals surface area contributed by atoms with Crippen LogP contribution in [-0.2, 0) is 17.9 Å². The van der Waals surface area contributed by atoms with Crippen molar-refractivity contribution in [2.24, 2.45) is 0 Å². The molecule has 0 saturated heterocycles. The molecule has 0 fully saturated rings. The van der Waals surface area contributed by atoms with E-state index in [4.69, 9.17) is 11.6 Å². The fourth-order valence-electron chi connectivity index (χ4n) is 3.40. The molecule has 2 aromatic heterocycles. The number of pyridine rings is 1. The highest BCUT2D eigenvalue weighted by atomic mass is 35.5. The fourth-order valence-corrected chi connectivity index (χ4v) is 3.52. The molecular weight excluding hydrogens is 386 g/mol. The number of fused-ring (bicyclic) bond motifs is 1. The van der Waals surface area contributed by atoms with Crippen molar-refractivity contribution in [1.82, 2.24) is 9.13 Å². The third-order valence-corrected chi connectivity index (χ3v) is 5.02. The van der Waals surface area contributed by atoms with E-state index < -0.39 is 0 Å². The highest BCUT2D eigenvalue weighted by Gasteiger charge is 2.11. The first kappa shape index (κ1) is 19.0. The van der Waals surface area contributed by atoms with Crippen molar-refractivity contribution < 1.29 is 4.79 Å². The van der Waals surface area contributed by atoms with Crippen molar-refractivity contribution in [3.63, 3.8) is 0 Å². The summed E-state index contributed by atoms with van der Waals surface area (Å²) in [6.07, 6.45) is 3.57. The minimum absolute atomic E-state index is 0.0625. The molecule has 0 radical (unpaired) electrons. The molecule has 4 rings (SSSR count). The molecule has 2 heterocycles. The lowest BCUT2D eigenvalue weighted by molar-refractivity contribution is -0.116. The molecule has 0 aliphatic carbocycles. The van der Waals surface area contributed by atoms with Gasteiger partial charge in [-0.3, -0.25) is 9.59 Å². The molecule has 2 aromatic carbocycles. The predicted octanol–water partition coefficient (Wildman–Crippen LogP) is 4.45. The summed E-state index contributed by atoms with van der Waals surface area (Å²) >= 11 is 5.86. The van der Waals surface area contributed by atoms with Crippen molar-refractivity contribution in [2.75, 3.05) is 5.32 Å². The van der Waals surface area contributed by atoms with E-state index >= 15 is 0 Å². The minimum atomic E-state index is -0.273. The standard InChI is InChI=1S/C23H20ClN3O2/c1-16-3-2-4-17(13-16)14-26-11-9-18-10-12-27(23(29)22(18)26)15-21(28)25-20-7-5-19(24)6-8-20/h2-13H,14-15H2,1H3,(H,25,28). The van der Waals surface area contributed by atoms with E-state index in [-0.39, 0.29) is 18.0 Å². The molecule has 0 spiro atoms. The van der Waals surface area contributed by atoms with E-state index in [2.05, 4.69) is 11.4 Å². The lowest BCUT2D eigenvalue weighted by Gasteiger charge is -2.10. The first-order valence-corrected chi connectivity index (χ1v) is 9.67. The second-order valence-corrected chi connectivity index (χ2v) is 7.48. The Balaban J connectivity index is 1.59. The highest BCUT2D eigenvalue weighted by molar-refractivity contribution is 6.30. The van der Waals surface area contributed by atoms with E-state index in [0.717, 1.165) is 10.9 Å². The van der Waals surface area contributed by atoms with Crippen LogP contribution in [0.15, 0.2) is 77.9 Å². The number of rotatable bonds is 5. The maximum absolute atomic E-state index is 13.0. The van der Waals surface area contributed by atoms with Crippen LogP contribution in [0.4, 0.5) is 5.69 Å². The van der Waals surface area contributed by atoms with E-state index in [1.165, 1.54) is 10.1 Å². The van der Waals surface area contributed by atoms with Gasteiger partial charge in [-0.1, -0.05) is 41.4 Å². The Morgan fingerprint density at radius 2 is 1.72 bits per heavy atom. The summed E-state index contributed by atoms with van der Waals surface area (Å²) in [4.78, 5) is 25.4. The van der Waals surface area contributed by atoms with E-state index in [1.54, 1.807) is 30.5 Å². The van der Waals surface area contributed by atoms with Crippen molar-refractivity contribution >= 4 is 34.1 Å². The Kier molecular flexibility index (Phi) is 5.23. The van der Waals surface area contributed by atoms with Gasteiger partial charge in [-0.15, -0.1) is 0 Å². The summed E-state index contributed by atoms with van der Waals surface area (Å²) in [7, 11) is 0. The number of carbonyl (C=O) groups excluding carboxylic acids is 1. The molecule has 1 amide bonds. The van der Waals surface area contributed by atoms with E-state index in [0.29, 0.717) is 22.8 Å². The molecule has 0 aliphatic heterocycles. The van der Waals surface area contributed by atoms with Gasteiger partial charge in [-0.05, 0) is 48.9 Å². The normalized spacial score (nSPS) is 11.0. The number of hydrogen-bond donors (Lipinski definition) is 1. The number of nitrogens with zero attached hydrogens (tertiary/aromatic N) is 2. The molecule has 146 valence electrons. The van der Waals surface area contributed by atoms with Gasteiger partial charge < -0.3 is 14.5 Å². The number of aromatic nitrogens is 2. The number of aryl methyl sites for hydroxylation is 1. The second-order valence-electron chi connectivity index (χ2n) is 7.04. The molecule has 6 heteroatoms. The van der Waals surface area contributed by atoms with Crippen LogP contribution < -0.4 is 10.9 Å². The molecule has 5 nitrogen and oxygen atoms in total. The van der Waals surface area contributed by atoms with E-state index in [9.17, 15) is 9.59 Å². The largest absolute Gasteiger partial charge is 0.339 e. The van der Waals surface area contributed by atoms with Gasteiger partial charge in [0.1, 0.15) is 12.1 Å². The molecule has 0 unspecified atom stereocenters. The third-order valence-electron chi connectivity index (χ3n) is 4.77. The van der Waals surface area contributed by atoms with Gasteiger partial charge in [0.05, 0.1) is 0 Å². The highest BCUT2D eigenvalue weighted by Crippen LogP contribution is 2.15. The number of benzene rings is 2. The van der Waals surface area contributed by atoms with Gasteiger partial charge in [0.25, 0.3) is 5.56 Å². The Morgan fingerprint density at radius 1 is 1.00 bits per heavy atom. The lowest BCUT2D eigenvalue weighted by Crippen LogP contribution is -2.28.